The van der Waals surface area contributed by atoms with Crippen LogP contribution in [0.2, 0.25) is 0 Å². The van der Waals surface area contributed by atoms with E-state index in [-0.39, 0.29) is 118 Å². The number of Topliss-reactive ketones (excluding diaryl/α,β-unsaturated/α-hetero) is 3. The largest absolute Gasteiger partial charge is 0.505 e. The SMILES string of the molecule is CC1=C[C@@H](O)CC(=O)Cc2nc(co2)C(=O)N2CCC=C2C(=O)O[C@H](C(C)C)[C@H](C)/C=C/C(=O)NCC=C1.CC[C@H]1NC(=O)[C@@H](NC(=O)c2ncccc2O)[C@@H](C)OC(=O)[C@H](c2ccccc2)CC(=O)[C@@H]2CC(=O)CCN2C(=O)[C@H](Cc2ccccc2)N(C)C(=O)[C@@H]2CCCN2C1=O. The van der Waals surface area contributed by atoms with E-state index in [1.165, 1.54) is 58.0 Å². The van der Waals surface area contributed by atoms with Crippen molar-refractivity contribution in [3.8, 4) is 5.75 Å². The number of piperidine rings is 1. The molecule has 0 spiro atoms. The molecule has 0 unspecified atom stereocenters. The Hall–Kier alpha value is -10.2. The lowest BCUT2D eigenvalue weighted by atomic mass is 9.87. The standard InChI is InChI=1S/C44H50N6O10.C28H35N3O7/c1-4-31-41(56)49-21-12-17-32(49)42(57)48(3)34(23-27-13-7-5-8-14-27)43(58)50-22-19-29(51)24-33(50)36(53)25-30(28-15-9-6-10-16-28)44(59)60-26(2)37(39(54)46-31)47-40(55)38-35(52)18-11-20-45-38;1-17(2)26-19(4)9-10-24(34)29-11-5-7-18(3)13-20(32)14-21(33)15-25-30-22(16-37-25)27(35)31-12-6-8-23(31)28(36)38-26/h5-11,13-16,18,20,26,30-34,37,52H,4,12,17,19,21-25H2,1-3H3,(H,46,54)(H,47,55);5,7-10,13,16-17,19-20,26,32H,6,11-12,14-15H2,1-4H3,(H,29,34)/b;7-5?,10-9+,18-13?/t26-,30+,31-,32+,33+,34+,37+;19-,20-,26-/m11/s1. The molecule has 2 aromatic carbocycles. The Labute approximate surface area is 567 Å². The van der Waals surface area contributed by atoms with E-state index in [4.69, 9.17) is 13.9 Å². The number of likely N-dealkylation sites (N-methyl/N-ethyl adjacent to an activating group) is 1. The van der Waals surface area contributed by atoms with Crippen LogP contribution in [0.1, 0.15) is 137 Å². The third-order valence-corrected chi connectivity index (χ3v) is 17.7. The molecule has 0 radical (unpaired) electrons. The van der Waals surface area contributed by atoms with E-state index in [1.807, 2.05) is 39.0 Å². The van der Waals surface area contributed by atoms with Crippen molar-refractivity contribution in [3.05, 3.63) is 161 Å². The number of aromatic nitrogens is 2. The van der Waals surface area contributed by atoms with Gasteiger partial charge in [-0.2, -0.15) is 0 Å². The normalized spacial score (nSPS) is 25.9. The van der Waals surface area contributed by atoms with Crippen LogP contribution in [-0.2, 0) is 70.3 Å². The molecule has 5 aliphatic heterocycles. The van der Waals surface area contributed by atoms with Crippen LogP contribution in [0.4, 0.5) is 0 Å². The van der Waals surface area contributed by atoms with Gasteiger partial charge in [0.1, 0.15) is 65.7 Å². The molecule has 26 heteroatoms. The van der Waals surface area contributed by atoms with E-state index in [9.17, 15) is 67.7 Å². The Bertz CT molecular complexity index is 3750. The highest BCUT2D eigenvalue weighted by Crippen LogP contribution is 2.31. The molecule has 0 aliphatic carbocycles. The number of benzene rings is 2. The maximum Gasteiger partial charge on any atom is 0.355 e. The van der Waals surface area contributed by atoms with Gasteiger partial charge in [0.25, 0.3) is 11.8 Å². The number of hydrogen-bond acceptors (Lipinski definition) is 19. The number of aliphatic hydroxyl groups excluding tert-OH is 1. The fourth-order valence-electron chi connectivity index (χ4n) is 12.5. The second-order valence-electron chi connectivity index (χ2n) is 25.3. The number of hydrogen-bond donors (Lipinski definition) is 5. The van der Waals surface area contributed by atoms with E-state index >= 15 is 0 Å². The first-order valence-corrected chi connectivity index (χ1v) is 33.0. The number of esters is 2. The molecule has 0 saturated carbocycles. The minimum Gasteiger partial charge on any atom is -0.505 e. The lowest BCUT2D eigenvalue weighted by molar-refractivity contribution is -0.155. The molecular formula is C72H85N9O17. The molecule has 3 saturated heterocycles. The predicted molar refractivity (Wildman–Crippen MR) is 353 cm³/mol. The number of nitrogens with one attached hydrogen (secondary N) is 3. The van der Waals surface area contributed by atoms with Crippen molar-refractivity contribution < 1.29 is 81.6 Å². The first kappa shape index (κ1) is 73.6. The maximum atomic E-state index is 14.8. The van der Waals surface area contributed by atoms with Crippen LogP contribution in [-0.4, -0.2) is 192 Å². The van der Waals surface area contributed by atoms with E-state index in [0.717, 1.165) is 17.4 Å². The quantitative estimate of drug-likeness (QED) is 0.156. The molecule has 2 aromatic heterocycles. The number of ether oxygens (including phenoxy) is 2. The number of pyridine rings is 1. The summed E-state index contributed by atoms with van der Waals surface area (Å²) in [4.78, 5) is 177. The van der Waals surface area contributed by atoms with Crippen LogP contribution < -0.4 is 16.0 Å². The van der Waals surface area contributed by atoms with E-state index in [0.29, 0.717) is 18.4 Å². The molecule has 9 rings (SSSR count). The van der Waals surface area contributed by atoms with Gasteiger partial charge in [-0.15, -0.1) is 0 Å². The van der Waals surface area contributed by atoms with Gasteiger partial charge in [0.15, 0.2) is 17.2 Å². The number of fused-ring (bicyclic) bond motifs is 5. The summed E-state index contributed by atoms with van der Waals surface area (Å²) in [5, 5.41) is 28.5. The number of carbonyl (C=O) groups excluding carboxylic acids is 12. The Morgan fingerprint density at radius 2 is 1.53 bits per heavy atom. The van der Waals surface area contributed by atoms with E-state index in [1.54, 1.807) is 86.7 Å². The Balaban J connectivity index is 0.000000277. The molecule has 5 aliphatic rings. The van der Waals surface area contributed by atoms with Gasteiger partial charge in [-0.05, 0) is 74.8 Å². The average molecular weight is 1350 g/mol. The summed E-state index contributed by atoms with van der Waals surface area (Å²) in [7, 11) is 1.48. The highest BCUT2D eigenvalue weighted by Gasteiger charge is 2.46. The molecule has 4 aromatic rings. The van der Waals surface area contributed by atoms with Crippen molar-refractivity contribution in [1.29, 1.82) is 0 Å². The smallest absolute Gasteiger partial charge is 0.355 e. The van der Waals surface area contributed by atoms with Gasteiger partial charge < -0.3 is 59.7 Å². The van der Waals surface area contributed by atoms with Crippen LogP contribution in [0.15, 0.2) is 137 Å². The van der Waals surface area contributed by atoms with Gasteiger partial charge >= 0.3 is 11.9 Å². The molecule has 5 N–H and O–H groups in total. The summed E-state index contributed by atoms with van der Waals surface area (Å²) in [5.74, 6) is -9.13. The van der Waals surface area contributed by atoms with Gasteiger partial charge in [0, 0.05) is 77.4 Å². The number of amides is 7. The molecule has 26 nitrogen and oxygen atoms in total. The third kappa shape index (κ3) is 18.9. The van der Waals surface area contributed by atoms with Gasteiger partial charge in [0.05, 0.1) is 24.5 Å². The zero-order valence-electron chi connectivity index (χ0n) is 56.0. The lowest BCUT2D eigenvalue weighted by Gasteiger charge is -2.40. The second-order valence-corrected chi connectivity index (χ2v) is 25.3. The molecule has 7 heterocycles. The molecule has 7 amide bonds. The molecule has 520 valence electrons. The molecule has 10 atom stereocenters. The summed E-state index contributed by atoms with van der Waals surface area (Å²) in [6.45, 7) is 11.1. The molecule has 3 fully saturated rings. The summed E-state index contributed by atoms with van der Waals surface area (Å²) in [5.41, 5.74) is 1.51. The van der Waals surface area contributed by atoms with Gasteiger partial charge in [0.2, 0.25) is 35.4 Å². The maximum absolute atomic E-state index is 14.8. The topological polar surface area (TPSA) is 352 Å². The number of rotatable bonds is 7. The Kier molecular flexibility index (Phi) is 25.6. The first-order valence-electron chi connectivity index (χ1n) is 33.0. The van der Waals surface area contributed by atoms with Gasteiger partial charge in [-0.3, -0.25) is 52.7 Å². The average Bonchev–Trinajstić information content (AvgIpc) is 1.08. The monoisotopic (exact) mass is 1350 g/mol. The minimum atomic E-state index is -1.65. The van der Waals surface area contributed by atoms with Crippen LogP contribution in [0.3, 0.4) is 0 Å². The van der Waals surface area contributed by atoms with Crippen molar-refractivity contribution in [2.45, 2.75) is 160 Å². The van der Waals surface area contributed by atoms with Gasteiger partial charge in [-0.25, -0.2) is 14.8 Å². The number of aliphatic hydroxyl groups is 1. The third-order valence-electron chi connectivity index (χ3n) is 17.7. The lowest BCUT2D eigenvalue weighted by Crippen LogP contribution is -2.61. The zero-order valence-corrected chi connectivity index (χ0v) is 56.0. The fraction of sp³-hybridized carbons (Fsp3) is 0.444. The van der Waals surface area contributed by atoms with Crippen molar-refractivity contribution in [3.63, 3.8) is 0 Å². The van der Waals surface area contributed by atoms with Crippen LogP contribution >= 0.6 is 0 Å². The predicted octanol–water partition coefficient (Wildman–Crippen LogP) is 4.75. The van der Waals surface area contributed by atoms with Crippen molar-refractivity contribution >= 4 is 70.6 Å². The Morgan fingerprint density at radius 1 is 0.816 bits per heavy atom. The number of aromatic hydroxyl groups is 1. The highest BCUT2D eigenvalue weighted by atomic mass is 16.6. The fourth-order valence-corrected chi connectivity index (χ4v) is 12.5. The van der Waals surface area contributed by atoms with E-state index in [2.05, 4.69) is 25.9 Å². The van der Waals surface area contributed by atoms with E-state index < -0.39 is 125 Å². The number of carbonyl (C=O) groups is 12. The first-order chi connectivity index (χ1) is 46.8. The molecule has 98 heavy (non-hydrogen) atoms. The minimum absolute atomic E-state index is 0.0133. The van der Waals surface area contributed by atoms with Crippen molar-refractivity contribution in [1.82, 2.24) is 45.5 Å². The van der Waals surface area contributed by atoms with Crippen LogP contribution in [0.25, 0.3) is 0 Å². The second kappa shape index (κ2) is 34.1. The molecule has 2 bridgehead atoms. The van der Waals surface area contributed by atoms with Crippen LogP contribution in [0.5, 0.6) is 5.75 Å². The molecular weight excluding hydrogens is 1260 g/mol. The zero-order chi connectivity index (χ0) is 70.9. The Morgan fingerprint density at radius 3 is 2.23 bits per heavy atom. The number of oxazole rings is 1. The summed E-state index contributed by atoms with van der Waals surface area (Å²) >= 11 is 0. The number of ketones is 3. The van der Waals surface area contributed by atoms with Gasteiger partial charge in [-0.1, -0.05) is 124 Å². The van der Waals surface area contributed by atoms with Crippen LogP contribution in [0, 0.1) is 11.8 Å². The summed E-state index contributed by atoms with van der Waals surface area (Å²) in [6, 6.07) is 13.7. The number of allylic oxidation sites excluding steroid dienone is 2. The van der Waals surface area contributed by atoms with Crippen molar-refractivity contribution in [2.24, 2.45) is 11.8 Å². The summed E-state index contributed by atoms with van der Waals surface area (Å²) < 4.78 is 17.0. The summed E-state index contributed by atoms with van der Waals surface area (Å²) in [6.07, 6.45) is 9.41. The highest BCUT2D eigenvalue weighted by molar-refractivity contribution is 6.03. The number of cyclic esters (lactones) is 2. The van der Waals surface area contributed by atoms with Crippen molar-refractivity contribution in [2.75, 3.05) is 33.2 Å². The number of nitrogens with zero attached hydrogens (tertiary/aromatic N) is 6.